The number of aliphatic hydroxyl groups excluding tert-OH is 1. The highest BCUT2D eigenvalue weighted by Crippen LogP contribution is 2.43. The number of quaternary nitrogens is 1. The predicted octanol–water partition coefficient (Wildman–Crippen LogP) is 21.0. The first-order valence-corrected chi connectivity index (χ1v) is 34.4. The van der Waals surface area contributed by atoms with Gasteiger partial charge < -0.3 is 19.8 Å². The van der Waals surface area contributed by atoms with Gasteiger partial charge in [0.05, 0.1) is 39.9 Å². The van der Waals surface area contributed by atoms with E-state index in [1.807, 2.05) is 27.2 Å². The van der Waals surface area contributed by atoms with E-state index in [-0.39, 0.29) is 19.1 Å². The van der Waals surface area contributed by atoms with Gasteiger partial charge in [-0.15, -0.1) is 0 Å². The lowest BCUT2D eigenvalue weighted by molar-refractivity contribution is -0.870. The zero-order chi connectivity index (χ0) is 59.8. The molecule has 0 saturated carbocycles. The molecule has 8 nitrogen and oxygen atoms in total. The van der Waals surface area contributed by atoms with Crippen molar-refractivity contribution in [2.45, 2.75) is 257 Å². The normalized spacial score (nSPS) is 14.8. The maximum Gasteiger partial charge on any atom is 0.472 e. The number of nitrogens with one attached hydrogen (secondary N) is 1. The van der Waals surface area contributed by atoms with Crippen LogP contribution in [0.1, 0.15) is 245 Å². The first-order chi connectivity index (χ1) is 40.0. The van der Waals surface area contributed by atoms with Crippen LogP contribution in [0.2, 0.25) is 0 Å². The van der Waals surface area contributed by atoms with Gasteiger partial charge in [-0.1, -0.05) is 281 Å². The Hall–Kier alpha value is -3.88. The van der Waals surface area contributed by atoms with Crippen LogP contribution in [-0.2, 0) is 18.4 Å². The number of phosphoric ester groups is 1. The number of rotatable bonds is 58. The third-order valence-electron chi connectivity index (χ3n) is 13.7. The van der Waals surface area contributed by atoms with E-state index in [4.69, 9.17) is 9.05 Å². The smallest absolute Gasteiger partial charge is 0.387 e. The quantitative estimate of drug-likeness (QED) is 0.0243. The number of carbonyl (C=O) groups excluding carboxylic acids is 1. The summed E-state index contributed by atoms with van der Waals surface area (Å²) in [6, 6.07) is -0.882. The van der Waals surface area contributed by atoms with Crippen molar-refractivity contribution >= 4 is 13.7 Å². The zero-order valence-corrected chi connectivity index (χ0v) is 54.1. The van der Waals surface area contributed by atoms with Crippen LogP contribution in [0.15, 0.2) is 158 Å². The minimum Gasteiger partial charge on any atom is -0.387 e. The second-order valence-electron chi connectivity index (χ2n) is 22.7. The molecule has 0 aliphatic carbocycles. The van der Waals surface area contributed by atoms with E-state index in [1.54, 1.807) is 6.08 Å². The number of unbranched alkanes of at least 4 members (excludes halogenated alkanes) is 21. The largest absolute Gasteiger partial charge is 0.472 e. The molecule has 0 aromatic rings. The van der Waals surface area contributed by atoms with Crippen LogP contribution >= 0.6 is 7.82 Å². The van der Waals surface area contributed by atoms with Gasteiger partial charge in [-0.2, -0.15) is 0 Å². The van der Waals surface area contributed by atoms with Gasteiger partial charge in [-0.3, -0.25) is 13.8 Å². The molecule has 82 heavy (non-hydrogen) atoms. The average Bonchev–Trinajstić information content (AvgIpc) is 3.47. The molecule has 466 valence electrons. The molecule has 3 atom stereocenters. The second kappa shape index (κ2) is 61.7. The summed E-state index contributed by atoms with van der Waals surface area (Å²) in [5.41, 5.74) is 0. The summed E-state index contributed by atoms with van der Waals surface area (Å²) in [6.45, 7) is 4.66. The molecular formula is C73H124N2O6P+. The number of phosphoric acid groups is 1. The van der Waals surface area contributed by atoms with Crippen molar-refractivity contribution in [3.63, 3.8) is 0 Å². The van der Waals surface area contributed by atoms with Gasteiger partial charge in [0.2, 0.25) is 5.91 Å². The van der Waals surface area contributed by atoms with E-state index in [2.05, 4.69) is 165 Å². The van der Waals surface area contributed by atoms with E-state index in [0.717, 1.165) is 122 Å². The Bertz CT molecular complexity index is 1890. The Labute approximate surface area is 505 Å². The van der Waals surface area contributed by atoms with Crippen LogP contribution in [-0.4, -0.2) is 73.4 Å². The third-order valence-corrected chi connectivity index (χ3v) is 14.7. The first kappa shape index (κ1) is 78.1. The summed E-state index contributed by atoms with van der Waals surface area (Å²) >= 11 is 0. The van der Waals surface area contributed by atoms with Gasteiger partial charge in [-0.05, 0) is 116 Å². The maximum atomic E-state index is 13.0. The highest BCUT2D eigenvalue weighted by atomic mass is 31.2. The highest BCUT2D eigenvalue weighted by Gasteiger charge is 2.27. The van der Waals surface area contributed by atoms with Crippen LogP contribution < -0.4 is 5.32 Å². The number of aliphatic hydroxyl groups is 1. The fraction of sp³-hybridized carbons (Fsp3) is 0.630. The molecule has 0 aliphatic rings. The average molecular weight is 1160 g/mol. The van der Waals surface area contributed by atoms with Crippen molar-refractivity contribution in [3.8, 4) is 0 Å². The topological polar surface area (TPSA) is 105 Å². The molecule has 9 heteroatoms. The summed E-state index contributed by atoms with van der Waals surface area (Å²) < 4.78 is 23.7. The lowest BCUT2D eigenvalue weighted by atomic mass is 10.0. The summed E-state index contributed by atoms with van der Waals surface area (Å²) in [4.78, 5) is 23.4. The molecule has 0 bridgehead atoms. The molecule has 3 N–H and O–H groups in total. The van der Waals surface area contributed by atoms with E-state index >= 15 is 0 Å². The summed E-state index contributed by atoms with van der Waals surface area (Å²) in [6.07, 6.45) is 96.5. The molecule has 0 saturated heterocycles. The van der Waals surface area contributed by atoms with Crippen molar-refractivity contribution < 1.29 is 32.9 Å². The molecule has 3 unspecified atom stereocenters. The van der Waals surface area contributed by atoms with Gasteiger partial charge in [0.15, 0.2) is 0 Å². The van der Waals surface area contributed by atoms with E-state index in [9.17, 15) is 19.4 Å². The van der Waals surface area contributed by atoms with Crippen molar-refractivity contribution in [1.29, 1.82) is 0 Å². The molecule has 0 spiro atoms. The number of hydrogen-bond acceptors (Lipinski definition) is 5. The Balaban J connectivity index is 4.20. The standard InChI is InChI=1S/C73H123N2O6P/c1-6-8-10-12-14-16-18-20-22-24-26-27-28-29-30-31-32-33-34-35-36-37-38-39-40-41-42-43-44-45-46-47-49-51-53-55-57-59-61-63-65-67-73(77)74-71(70-81-82(78,79)80-69-68-75(3,4)5)72(76)66-64-62-60-58-56-54-52-50-48-25-23-21-19-17-15-13-11-9-7-2/h8,10,14,16,20,22,26-27,29-30,32-33,35-36,38-39,41-42,44-45,47,49,56,58,64,66,71-72,76H,6-7,9,11-13,15,17-19,21,23-25,28,31,34,37,40,43,46,48,50-55,57,59-63,65,67-70H2,1-5H3,(H-,74,77,78,79)/p+1/b10-8-,16-14-,22-20-,27-26-,30-29-,33-32-,36-35-,39-38-,42-41-,45-44-,49-47-,58-56+,66-64+. The minimum atomic E-state index is -4.37. The SMILES string of the molecule is CC/C=C\C/C=C\C/C=C\C/C=C\C/C=C\C/C=C\C/C=C\C/C=C\C/C=C\C/C=C\C/C=C\CCCCCCCCCC(=O)NC(COP(=O)(O)OCC[N+](C)(C)C)C(O)/C=C/CC/C=C/CCCCCCCCCCCCCCC. The molecular weight excluding hydrogens is 1030 g/mol. The highest BCUT2D eigenvalue weighted by molar-refractivity contribution is 7.47. The molecule has 1 amide bonds. The number of nitrogens with zero attached hydrogens (tertiary/aromatic N) is 1. The fourth-order valence-corrected chi connectivity index (χ4v) is 9.39. The van der Waals surface area contributed by atoms with Gasteiger partial charge in [0.25, 0.3) is 0 Å². The molecule has 0 aromatic carbocycles. The fourth-order valence-electron chi connectivity index (χ4n) is 8.65. The molecule has 0 heterocycles. The maximum absolute atomic E-state index is 13.0. The Morgan fingerprint density at radius 1 is 0.427 bits per heavy atom. The minimum absolute atomic E-state index is 0.0461. The summed E-state index contributed by atoms with van der Waals surface area (Å²) in [5.74, 6) is -0.204. The lowest BCUT2D eigenvalue weighted by Crippen LogP contribution is -2.45. The number of likely N-dealkylation sites (N-methyl/N-ethyl adjacent to an activating group) is 1. The molecule has 0 aromatic heterocycles. The predicted molar refractivity (Wildman–Crippen MR) is 359 cm³/mol. The molecule has 0 aliphatic heterocycles. The summed E-state index contributed by atoms with van der Waals surface area (Å²) in [5, 5.41) is 13.9. The summed E-state index contributed by atoms with van der Waals surface area (Å²) in [7, 11) is 1.53. The van der Waals surface area contributed by atoms with Crippen molar-refractivity contribution in [3.05, 3.63) is 158 Å². The van der Waals surface area contributed by atoms with Crippen LogP contribution in [0.4, 0.5) is 0 Å². The van der Waals surface area contributed by atoms with Crippen LogP contribution in [0.25, 0.3) is 0 Å². The number of hydrogen-bond donors (Lipinski definition) is 3. The van der Waals surface area contributed by atoms with E-state index < -0.39 is 20.0 Å². The zero-order valence-electron chi connectivity index (χ0n) is 53.2. The third kappa shape index (κ3) is 63.7. The van der Waals surface area contributed by atoms with Crippen molar-refractivity contribution in [2.24, 2.45) is 0 Å². The second-order valence-corrected chi connectivity index (χ2v) is 24.2. The van der Waals surface area contributed by atoms with Gasteiger partial charge >= 0.3 is 7.82 Å². The van der Waals surface area contributed by atoms with E-state index in [0.29, 0.717) is 17.4 Å². The first-order valence-electron chi connectivity index (χ1n) is 32.9. The van der Waals surface area contributed by atoms with Gasteiger partial charge in [-0.25, -0.2) is 4.57 Å². The van der Waals surface area contributed by atoms with Crippen LogP contribution in [0.5, 0.6) is 0 Å². The Morgan fingerprint density at radius 2 is 0.744 bits per heavy atom. The molecule has 0 radical (unpaired) electrons. The number of carbonyl (C=O) groups is 1. The van der Waals surface area contributed by atoms with Crippen LogP contribution in [0, 0.1) is 0 Å². The molecule has 0 fully saturated rings. The van der Waals surface area contributed by atoms with Crippen LogP contribution in [0.3, 0.4) is 0 Å². The van der Waals surface area contributed by atoms with E-state index in [1.165, 1.54) is 103 Å². The molecule has 0 rings (SSSR count). The monoisotopic (exact) mass is 1160 g/mol. The lowest BCUT2D eigenvalue weighted by Gasteiger charge is -2.25. The Kier molecular flexibility index (Phi) is 58.8. The van der Waals surface area contributed by atoms with Gasteiger partial charge in [0.1, 0.15) is 13.2 Å². The number of amides is 1. The Morgan fingerprint density at radius 3 is 1.12 bits per heavy atom. The number of allylic oxidation sites excluding steroid dienone is 25. The van der Waals surface area contributed by atoms with Gasteiger partial charge in [0, 0.05) is 6.42 Å². The van der Waals surface area contributed by atoms with Crippen molar-refractivity contribution in [1.82, 2.24) is 5.32 Å². The van der Waals surface area contributed by atoms with Crippen molar-refractivity contribution in [2.75, 3.05) is 40.9 Å².